The minimum atomic E-state index is -0.0135. The number of nitrogens with one attached hydrogen (secondary N) is 2. The van der Waals surface area contributed by atoms with Crippen molar-refractivity contribution in [3.8, 4) is 11.4 Å². The number of aryl methyl sites for hydroxylation is 1. The molecule has 0 saturated heterocycles. The molecule has 0 saturated carbocycles. The van der Waals surface area contributed by atoms with Crippen LogP contribution >= 0.6 is 11.6 Å². The fraction of sp³-hybridized carbons (Fsp3) is 0.0741. The minimum absolute atomic E-state index is 0.0135. The molecule has 0 unspecified atom stereocenters. The second-order valence-corrected chi connectivity index (χ2v) is 8.90. The molecular weight excluding hydrogens is 474 g/mol. The second kappa shape index (κ2) is 8.90. The molecule has 4 aromatic heterocycles. The summed E-state index contributed by atoms with van der Waals surface area (Å²) in [5.41, 5.74) is 5.02. The summed E-state index contributed by atoms with van der Waals surface area (Å²) in [5.74, 6) is 1.25. The average molecular weight is 494 g/mol. The largest absolute Gasteiger partial charge is 0.341 e. The summed E-state index contributed by atoms with van der Waals surface area (Å²) in [5, 5.41) is 12.8. The average Bonchev–Trinajstić information content (AvgIpc) is 3.49. The van der Waals surface area contributed by atoms with E-state index in [1.165, 1.54) is 0 Å². The molecule has 0 atom stereocenters. The number of aromatic amines is 1. The molecule has 6 aromatic rings. The fourth-order valence-electron chi connectivity index (χ4n) is 4.28. The number of fused-ring (bicyclic) bond motifs is 2. The maximum absolute atomic E-state index is 13.1. The number of anilines is 2. The lowest BCUT2D eigenvalue weighted by Gasteiger charge is -2.08. The van der Waals surface area contributed by atoms with Crippen molar-refractivity contribution >= 4 is 50.7 Å². The fourth-order valence-corrected chi connectivity index (χ4v) is 4.47. The van der Waals surface area contributed by atoms with Crippen LogP contribution in [0.5, 0.6) is 0 Å². The highest BCUT2D eigenvalue weighted by molar-refractivity contribution is 6.31. The predicted octanol–water partition coefficient (Wildman–Crippen LogP) is 5.73. The Morgan fingerprint density at radius 1 is 1.03 bits per heavy atom. The van der Waals surface area contributed by atoms with Gasteiger partial charge in [0, 0.05) is 59.6 Å². The molecule has 6 rings (SSSR count). The van der Waals surface area contributed by atoms with Gasteiger partial charge in [0.15, 0.2) is 11.6 Å². The Hall–Kier alpha value is -4.56. The number of halogens is 1. The highest BCUT2D eigenvalue weighted by Crippen LogP contribution is 2.27. The lowest BCUT2D eigenvalue weighted by molar-refractivity contribution is 0.0985. The molecule has 2 N–H and O–H groups in total. The molecule has 0 aliphatic heterocycles. The van der Waals surface area contributed by atoms with Crippen LogP contribution in [0.3, 0.4) is 0 Å². The second-order valence-electron chi connectivity index (χ2n) is 8.49. The van der Waals surface area contributed by atoms with E-state index in [2.05, 4.69) is 25.5 Å². The Balaban J connectivity index is 1.29. The Morgan fingerprint density at radius 3 is 2.83 bits per heavy atom. The van der Waals surface area contributed by atoms with Gasteiger partial charge < -0.3 is 9.88 Å². The molecule has 0 spiro atoms. The van der Waals surface area contributed by atoms with Crippen molar-refractivity contribution in [2.45, 2.75) is 6.42 Å². The maximum atomic E-state index is 13.1. The van der Waals surface area contributed by atoms with Crippen LogP contribution in [-0.2, 0) is 13.5 Å². The third kappa shape index (κ3) is 4.08. The van der Waals surface area contributed by atoms with Crippen LogP contribution in [0.15, 0.2) is 79.4 Å². The van der Waals surface area contributed by atoms with Crippen molar-refractivity contribution < 1.29 is 4.79 Å². The summed E-state index contributed by atoms with van der Waals surface area (Å²) in [7, 11) is 1.89. The molecular formula is C27H20ClN7O. The van der Waals surface area contributed by atoms with E-state index in [1.807, 2.05) is 60.1 Å². The van der Waals surface area contributed by atoms with E-state index in [0.717, 1.165) is 38.6 Å². The molecule has 0 aliphatic carbocycles. The lowest BCUT2D eigenvalue weighted by Crippen LogP contribution is -2.09. The van der Waals surface area contributed by atoms with Gasteiger partial charge in [-0.05, 0) is 48.0 Å². The first-order chi connectivity index (χ1) is 17.5. The number of pyridine rings is 1. The summed E-state index contributed by atoms with van der Waals surface area (Å²) >= 11 is 6.20. The first kappa shape index (κ1) is 21.9. The van der Waals surface area contributed by atoms with Gasteiger partial charge in [-0.15, -0.1) is 0 Å². The molecule has 0 bridgehead atoms. The summed E-state index contributed by atoms with van der Waals surface area (Å²) in [6.45, 7) is 0. The number of ketones is 1. The van der Waals surface area contributed by atoms with Crippen LogP contribution in [0.25, 0.3) is 33.2 Å². The molecule has 4 heterocycles. The number of hydrogen-bond acceptors (Lipinski definition) is 6. The molecule has 0 amide bonds. The summed E-state index contributed by atoms with van der Waals surface area (Å²) in [6.07, 6.45) is 6.91. The van der Waals surface area contributed by atoms with Crippen LogP contribution in [0.2, 0.25) is 5.02 Å². The molecule has 0 aliphatic rings. The number of hydrogen-bond donors (Lipinski definition) is 2. The third-order valence-corrected chi connectivity index (χ3v) is 6.51. The number of Topliss-reactive ketones (excluding diaryl/α,β-unsaturated/α-hetero) is 1. The van der Waals surface area contributed by atoms with Crippen LogP contribution in [-0.4, -0.2) is 35.5 Å². The Morgan fingerprint density at radius 2 is 1.94 bits per heavy atom. The zero-order valence-electron chi connectivity index (χ0n) is 19.2. The van der Waals surface area contributed by atoms with Crippen molar-refractivity contribution in [1.82, 2.24) is 29.7 Å². The number of carbonyl (C=O) groups is 1. The van der Waals surface area contributed by atoms with Gasteiger partial charge in [0.2, 0.25) is 0 Å². The topological polar surface area (TPSA) is 101 Å². The van der Waals surface area contributed by atoms with Crippen LogP contribution < -0.4 is 5.32 Å². The lowest BCUT2D eigenvalue weighted by atomic mass is 10.1. The normalized spacial score (nSPS) is 11.3. The Labute approximate surface area is 211 Å². The van der Waals surface area contributed by atoms with Gasteiger partial charge in [0.05, 0.1) is 22.4 Å². The molecule has 9 heteroatoms. The number of nitrogens with zero attached hydrogens (tertiary/aromatic N) is 5. The number of aromatic nitrogens is 6. The standard InChI is InChI=1S/C27H20ClN7O/c1-35-23-12-18(3-2-17(23)11-24(35)25(36)13-16-6-8-29-15-21(16)28)27-30-9-7-26(33-27)32-20-4-5-22-19(10-20)14-31-34-22/h2-12,14-15H,13H2,1H3,(H,31,34)(H,30,32,33). The molecule has 2 aromatic carbocycles. The van der Waals surface area contributed by atoms with Gasteiger partial charge in [0.25, 0.3) is 0 Å². The monoisotopic (exact) mass is 493 g/mol. The van der Waals surface area contributed by atoms with E-state index >= 15 is 0 Å². The third-order valence-electron chi connectivity index (χ3n) is 6.16. The Bertz CT molecular complexity index is 1750. The molecule has 8 nitrogen and oxygen atoms in total. The smallest absolute Gasteiger partial charge is 0.183 e. The first-order valence-corrected chi connectivity index (χ1v) is 11.7. The maximum Gasteiger partial charge on any atom is 0.183 e. The first-order valence-electron chi connectivity index (χ1n) is 11.3. The minimum Gasteiger partial charge on any atom is -0.341 e. The molecule has 0 radical (unpaired) electrons. The SMILES string of the molecule is Cn1c(C(=O)Cc2ccncc2Cl)cc2ccc(-c3nccc(Nc4ccc5[nH]ncc5c4)n3)cc21. The van der Waals surface area contributed by atoms with E-state index in [1.54, 1.807) is 30.9 Å². The predicted molar refractivity (Wildman–Crippen MR) is 141 cm³/mol. The van der Waals surface area contributed by atoms with Crippen LogP contribution in [0.1, 0.15) is 16.1 Å². The van der Waals surface area contributed by atoms with Crippen molar-refractivity contribution in [2.24, 2.45) is 7.05 Å². The quantitative estimate of drug-likeness (QED) is 0.287. The van der Waals surface area contributed by atoms with Crippen LogP contribution in [0, 0.1) is 0 Å². The highest BCUT2D eigenvalue weighted by atomic mass is 35.5. The van der Waals surface area contributed by atoms with Crippen molar-refractivity contribution in [2.75, 3.05) is 5.32 Å². The van der Waals surface area contributed by atoms with E-state index in [9.17, 15) is 4.79 Å². The number of H-pyrrole nitrogens is 1. The van der Waals surface area contributed by atoms with Crippen LogP contribution in [0.4, 0.5) is 11.5 Å². The summed E-state index contributed by atoms with van der Waals surface area (Å²) < 4.78 is 1.90. The number of carbonyl (C=O) groups excluding carboxylic acids is 1. The van der Waals surface area contributed by atoms with Crippen molar-refractivity contribution in [3.63, 3.8) is 0 Å². The number of benzene rings is 2. The molecule has 0 fully saturated rings. The Kier molecular flexibility index (Phi) is 5.42. The van der Waals surface area contributed by atoms with E-state index < -0.39 is 0 Å². The van der Waals surface area contributed by atoms with Gasteiger partial charge in [-0.3, -0.25) is 14.9 Å². The zero-order valence-corrected chi connectivity index (χ0v) is 20.0. The van der Waals surface area contributed by atoms with E-state index in [-0.39, 0.29) is 12.2 Å². The van der Waals surface area contributed by atoms with Gasteiger partial charge >= 0.3 is 0 Å². The van der Waals surface area contributed by atoms with E-state index in [0.29, 0.717) is 22.4 Å². The molecule has 176 valence electrons. The zero-order chi connectivity index (χ0) is 24.6. The van der Waals surface area contributed by atoms with Gasteiger partial charge in [-0.1, -0.05) is 23.7 Å². The van der Waals surface area contributed by atoms with Gasteiger partial charge in [-0.25, -0.2) is 9.97 Å². The van der Waals surface area contributed by atoms with Crippen molar-refractivity contribution in [3.05, 3.63) is 95.7 Å². The number of rotatable bonds is 6. The van der Waals surface area contributed by atoms with Gasteiger partial charge in [-0.2, -0.15) is 5.10 Å². The van der Waals surface area contributed by atoms with E-state index in [4.69, 9.17) is 16.6 Å². The van der Waals surface area contributed by atoms with Gasteiger partial charge in [0.1, 0.15) is 5.82 Å². The molecule has 36 heavy (non-hydrogen) atoms. The summed E-state index contributed by atoms with van der Waals surface area (Å²) in [6, 6.07) is 17.4. The highest BCUT2D eigenvalue weighted by Gasteiger charge is 2.16. The van der Waals surface area contributed by atoms with Crippen molar-refractivity contribution in [1.29, 1.82) is 0 Å². The summed E-state index contributed by atoms with van der Waals surface area (Å²) in [4.78, 5) is 26.2.